The van der Waals surface area contributed by atoms with Crippen LogP contribution < -0.4 is 11.1 Å². The third kappa shape index (κ3) is 2.61. The molecule has 0 saturated heterocycles. The lowest BCUT2D eigenvalue weighted by Crippen LogP contribution is -2.46. The number of hydrogen-bond acceptors (Lipinski definition) is 3. The summed E-state index contributed by atoms with van der Waals surface area (Å²) >= 11 is 0. The molecule has 90 valence electrons. The van der Waals surface area contributed by atoms with Crippen LogP contribution >= 0.6 is 0 Å². The van der Waals surface area contributed by atoms with Crippen molar-refractivity contribution in [3.8, 4) is 0 Å². The van der Waals surface area contributed by atoms with E-state index in [9.17, 15) is 4.79 Å². The quantitative estimate of drug-likeness (QED) is 0.737. The van der Waals surface area contributed by atoms with Gasteiger partial charge in [0, 0.05) is 18.8 Å². The van der Waals surface area contributed by atoms with E-state index in [0.717, 1.165) is 12.2 Å². The van der Waals surface area contributed by atoms with E-state index in [1.165, 1.54) is 0 Å². The topological polar surface area (TPSA) is 72.9 Å². The summed E-state index contributed by atoms with van der Waals surface area (Å²) in [7, 11) is 0. The van der Waals surface area contributed by atoms with Crippen LogP contribution in [0.3, 0.4) is 0 Å². The minimum atomic E-state index is -0.357. The maximum absolute atomic E-state index is 11.4. The van der Waals surface area contributed by atoms with Gasteiger partial charge in [0.1, 0.15) is 11.9 Å². The summed E-state index contributed by atoms with van der Waals surface area (Å²) in [6, 6.07) is -0.376. The highest BCUT2D eigenvalue weighted by Crippen LogP contribution is 2.14. The molecule has 5 heteroatoms. The van der Waals surface area contributed by atoms with E-state index in [1.807, 2.05) is 31.5 Å². The molecule has 1 aromatic heterocycles. The highest BCUT2D eigenvalue weighted by atomic mass is 16.1. The van der Waals surface area contributed by atoms with E-state index < -0.39 is 0 Å². The van der Waals surface area contributed by atoms with Crippen molar-refractivity contribution in [2.24, 2.45) is 5.73 Å². The second-order valence-electron chi connectivity index (χ2n) is 3.78. The van der Waals surface area contributed by atoms with Crippen LogP contribution in [0.25, 0.3) is 0 Å². The number of aryl methyl sites for hydroxylation is 1. The maximum atomic E-state index is 11.4. The van der Waals surface area contributed by atoms with Gasteiger partial charge >= 0.3 is 0 Å². The van der Waals surface area contributed by atoms with Gasteiger partial charge in [0.2, 0.25) is 5.91 Å². The largest absolute Gasteiger partial charge is 0.368 e. The molecule has 5 nitrogen and oxygen atoms in total. The first-order valence-corrected chi connectivity index (χ1v) is 5.66. The molecule has 1 aromatic rings. The monoisotopic (exact) mass is 224 g/mol. The number of imidazole rings is 1. The second kappa shape index (κ2) is 5.65. The lowest BCUT2D eigenvalue weighted by Gasteiger charge is -2.24. The Hall–Kier alpha value is -1.36. The van der Waals surface area contributed by atoms with Gasteiger partial charge in [-0.25, -0.2) is 4.98 Å². The van der Waals surface area contributed by atoms with Crippen molar-refractivity contribution in [2.75, 3.05) is 6.54 Å². The molecule has 0 bridgehead atoms. The molecule has 0 fully saturated rings. The zero-order valence-electron chi connectivity index (χ0n) is 10.1. The number of nitrogens with two attached hydrogens (primary N) is 1. The number of likely N-dealkylation sites (N-methyl/N-ethyl adjacent to an activating group) is 1. The van der Waals surface area contributed by atoms with Crippen molar-refractivity contribution in [2.45, 2.75) is 39.3 Å². The number of amides is 1. The smallest absolute Gasteiger partial charge is 0.236 e. The molecule has 2 atom stereocenters. The number of hydrogen-bond donors (Lipinski definition) is 2. The lowest BCUT2D eigenvalue weighted by molar-refractivity contribution is -0.120. The summed E-state index contributed by atoms with van der Waals surface area (Å²) < 4.78 is 2.00. The Balaban J connectivity index is 2.89. The molecule has 0 aromatic carbocycles. The third-order valence-corrected chi connectivity index (χ3v) is 2.72. The van der Waals surface area contributed by atoms with Crippen LogP contribution in [0, 0.1) is 0 Å². The minimum absolute atomic E-state index is 0.0186. The number of primary amides is 1. The first-order chi connectivity index (χ1) is 7.61. The Morgan fingerprint density at radius 2 is 2.31 bits per heavy atom. The Labute approximate surface area is 96.0 Å². The molecule has 0 aliphatic rings. The van der Waals surface area contributed by atoms with Gasteiger partial charge in [-0.15, -0.1) is 0 Å². The van der Waals surface area contributed by atoms with E-state index in [-0.39, 0.29) is 18.0 Å². The zero-order chi connectivity index (χ0) is 12.1. The molecule has 0 radical (unpaired) electrons. The van der Waals surface area contributed by atoms with Gasteiger partial charge in [0.25, 0.3) is 0 Å². The van der Waals surface area contributed by atoms with Crippen LogP contribution in [0.2, 0.25) is 0 Å². The SMILES string of the molecule is CCNC(C(N)=O)C(C)n1ccnc1CC. The predicted molar refractivity (Wildman–Crippen MR) is 63.0 cm³/mol. The summed E-state index contributed by atoms with van der Waals surface area (Å²) in [6.45, 7) is 6.68. The molecule has 1 heterocycles. The van der Waals surface area contributed by atoms with Gasteiger partial charge < -0.3 is 15.6 Å². The Kier molecular flexibility index (Phi) is 4.49. The number of nitrogens with one attached hydrogen (secondary N) is 1. The normalized spacial score (nSPS) is 14.7. The van der Waals surface area contributed by atoms with Gasteiger partial charge in [-0.3, -0.25) is 4.79 Å². The average Bonchev–Trinajstić information content (AvgIpc) is 2.72. The molecular weight excluding hydrogens is 204 g/mol. The fourth-order valence-corrected chi connectivity index (χ4v) is 1.88. The highest BCUT2D eigenvalue weighted by molar-refractivity contribution is 5.80. The fraction of sp³-hybridized carbons (Fsp3) is 0.636. The van der Waals surface area contributed by atoms with Crippen LogP contribution in [0.15, 0.2) is 12.4 Å². The molecule has 3 N–H and O–H groups in total. The lowest BCUT2D eigenvalue weighted by atomic mass is 10.1. The third-order valence-electron chi connectivity index (χ3n) is 2.72. The van der Waals surface area contributed by atoms with Gasteiger partial charge in [-0.2, -0.15) is 0 Å². The van der Waals surface area contributed by atoms with Crippen LogP contribution in [0.5, 0.6) is 0 Å². The Bertz CT molecular complexity index is 348. The zero-order valence-corrected chi connectivity index (χ0v) is 10.1. The number of nitrogens with zero attached hydrogens (tertiary/aromatic N) is 2. The number of rotatable bonds is 6. The second-order valence-corrected chi connectivity index (χ2v) is 3.78. The van der Waals surface area contributed by atoms with Crippen molar-refractivity contribution in [3.05, 3.63) is 18.2 Å². The van der Waals surface area contributed by atoms with E-state index in [2.05, 4.69) is 10.3 Å². The summed E-state index contributed by atoms with van der Waals surface area (Å²) in [4.78, 5) is 15.6. The predicted octanol–water partition coefficient (Wildman–Crippen LogP) is 0.470. The fourth-order valence-electron chi connectivity index (χ4n) is 1.88. The maximum Gasteiger partial charge on any atom is 0.236 e. The highest BCUT2D eigenvalue weighted by Gasteiger charge is 2.24. The summed E-state index contributed by atoms with van der Waals surface area (Å²) in [6.07, 6.45) is 4.48. The van der Waals surface area contributed by atoms with Crippen LogP contribution in [0.1, 0.15) is 32.6 Å². The van der Waals surface area contributed by atoms with Gasteiger partial charge in [0.15, 0.2) is 0 Å². The average molecular weight is 224 g/mol. The van der Waals surface area contributed by atoms with E-state index in [4.69, 9.17) is 5.73 Å². The van der Waals surface area contributed by atoms with Gasteiger partial charge in [-0.1, -0.05) is 13.8 Å². The Morgan fingerprint density at radius 1 is 1.62 bits per heavy atom. The van der Waals surface area contributed by atoms with Crippen molar-refractivity contribution in [1.29, 1.82) is 0 Å². The van der Waals surface area contributed by atoms with E-state index in [1.54, 1.807) is 6.20 Å². The Morgan fingerprint density at radius 3 is 2.81 bits per heavy atom. The van der Waals surface area contributed by atoms with E-state index >= 15 is 0 Å². The summed E-state index contributed by atoms with van der Waals surface area (Å²) in [5, 5.41) is 3.10. The molecule has 1 rings (SSSR count). The number of carbonyl (C=O) groups excluding carboxylic acids is 1. The minimum Gasteiger partial charge on any atom is -0.368 e. The summed E-state index contributed by atoms with van der Waals surface area (Å²) in [5.41, 5.74) is 5.39. The van der Waals surface area contributed by atoms with Crippen LogP contribution in [-0.4, -0.2) is 28.0 Å². The van der Waals surface area contributed by atoms with Crippen molar-refractivity contribution < 1.29 is 4.79 Å². The molecule has 0 aliphatic carbocycles. The molecule has 0 aliphatic heterocycles. The first-order valence-electron chi connectivity index (χ1n) is 5.66. The molecule has 16 heavy (non-hydrogen) atoms. The van der Waals surface area contributed by atoms with Crippen LogP contribution in [-0.2, 0) is 11.2 Å². The van der Waals surface area contributed by atoms with Crippen molar-refractivity contribution in [1.82, 2.24) is 14.9 Å². The standard InChI is InChI=1S/C11H20N4O/c1-4-9-14-6-7-15(9)8(3)10(11(12)16)13-5-2/h6-8,10,13H,4-5H2,1-3H3,(H2,12,16). The molecule has 1 amide bonds. The molecular formula is C11H20N4O. The van der Waals surface area contributed by atoms with E-state index in [0.29, 0.717) is 6.54 Å². The number of aromatic nitrogens is 2. The van der Waals surface area contributed by atoms with Gasteiger partial charge in [-0.05, 0) is 13.5 Å². The molecule has 2 unspecified atom stereocenters. The first kappa shape index (κ1) is 12.7. The van der Waals surface area contributed by atoms with Crippen molar-refractivity contribution >= 4 is 5.91 Å². The van der Waals surface area contributed by atoms with Gasteiger partial charge in [0.05, 0.1) is 6.04 Å². The van der Waals surface area contributed by atoms with Crippen molar-refractivity contribution in [3.63, 3.8) is 0 Å². The molecule has 0 spiro atoms. The summed E-state index contributed by atoms with van der Waals surface area (Å²) in [5.74, 6) is 0.641. The van der Waals surface area contributed by atoms with Crippen LogP contribution in [0.4, 0.5) is 0 Å². The number of carbonyl (C=O) groups is 1. The molecule has 0 saturated carbocycles.